The summed E-state index contributed by atoms with van der Waals surface area (Å²) in [6, 6.07) is 10.8. The Hall–Kier alpha value is -1.76. The van der Waals surface area contributed by atoms with E-state index in [1.54, 1.807) is 0 Å². The molecule has 6 heteroatoms. The van der Waals surface area contributed by atoms with Crippen LogP contribution in [0.5, 0.6) is 11.5 Å². The molecular weight excluding hydrogens is 364 g/mol. The molecule has 0 saturated carbocycles. The average Bonchev–Trinajstić information content (AvgIpc) is 3.28. The highest BCUT2D eigenvalue weighted by Gasteiger charge is 2.23. The molecule has 1 saturated heterocycles. The number of anilines is 1. The highest BCUT2D eigenvalue weighted by Crippen LogP contribution is 2.39. The van der Waals surface area contributed by atoms with Gasteiger partial charge in [0, 0.05) is 43.0 Å². The van der Waals surface area contributed by atoms with Gasteiger partial charge in [0.2, 0.25) is 0 Å². The third-order valence-corrected chi connectivity index (χ3v) is 7.40. The molecule has 2 aliphatic rings. The molecule has 0 N–H and O–H groups in total. The Morgan fingerprint density at radius 1 is 1.00 bits per heavy atom. The summed E-state index contributed by atoms with van der Waals surface area (Å²) in [6.07, 6.45) is 1.16. The van der Waals surface area contributed by atoms with E-state index < -0.39 is 0 Å². The van der Waals surface area contributed by atoms with Crippen LogP contribution in [0.4, 0.5) is 5.69 Å². The summed E-state index contributed by atoms with van der Waals surface area (Å²) in [5, 5.41) is 3.59. The van der Waals surface area contributed by atoms with E-state index in [4.69, 9.17) is 9.47 Å². The van der Waals surface area contributed by atoms with Gasteiger partial charge in [0.15, 0.2) is 11.5 Å². The van der Waals surface area contributed by atoms with Gasteiger partial charge in [-0.1, -0.05) is 6.07 Å². The van der Waals surface area contributed by atoms with Crippen LogP contribution in [0.3, 0.4) is 0 Å². The van der Waals surface area contributed by atoms with Gasteiger partial charge in [-0.2, -0.15) is 0 Å². The Balaban J connectivity index is 1.19. The van der Waals surface area contributed by atoms with Gasteiger partial charge >= 0.3 is 0 Å². The smallest absolute Gasteiger partial charge is 0.184 e. The molecular formula is C20H22N2O2S2. The zero-order chi connectivity index (χ0) is 17.3. The second-order valence-corrected chi connectivity index (χ2v) is 9.07. The predicted molar refractivity (Wildman–Crippen MR) is 109 cm³/mol. The van der Waals surface area contributed by atoms with Crippen molar-refractivity contribution < 1.29 is 9.47 Å². The van der Waals surface area contributed by atoms with Crippen molar-refractivity contribution in [1.29, 1.82) is 0 Å². The van der Waals surface area contributed by atoms with E-state index >= 15 is 0 Å². The number of nitrogens with zero attached hydrogens (tertiary/aromatic N) is 2. The third kappa shape index (κ3) is 3.17. The second-order valence-electron chi connectivity index (χ2n) is 6.76. The molecule has 136 valence electrons. The predicted octanol–water partition coefficient (Wildman–Crippen LogP) is 4.10. The van der Waals surface area contributed by atoms with Crippen molar-refractivity contribution >= 4 is 37.8 Å². The number of benzene rings is 1. The number of piperazine rings is 1. The van der Waals surface area contributed by atoms with Crippen LogP contribution >= 0.6 is 22.7 Å². The minimum absolute atomic E-state index is 0.641. The Bertz CT molecular complexity index is 868. The highest BCUT2D eigenvalue weighted by molar-refractivity contribution is 7.37. The maximum atomic E-state index is 5.88. The molecule has 0 amide bonds. The van der Waals surface area contributed by atoms with Gasteiger partial charge < -0.3 is 14.4 Å². The van der Waals surface area contributed by atoms with Crippen LogP contribution in [-0.2, 0) is 6.42 Å². The summed E-state index contributed by atoms with van der Waals surface area (Å²) in [7, 11) is 0. The summed E-state index contributed by atoms with van der Waals surface area (Å²) >= 11 is 3.81. The van der Waals surface area contributed by atoms with E-state index in [-0.39, 0.29) is 0 Å². The zero-order valence-corrected chi connectivity index (χ0v) is 16.3. The first-order valence-corrected chi connectivity index (χ1v) is 10.9. The number of ether oxygens (including phenoxy) is 2. The fourth-order valence-corrected chi connectivity index (χ4v) is 5.87. The van der Waals surface area contributed by atoms with E-state index in [2.05, 4.69) is 39.4 Å². The lowest BCUT2D eigenvalue weighted by atomic mass is 10.2. The molecule has 1 aromatic carbocycles. The standard InChI is InChI=1S/C20H22N2O2S2/c1-2-17(19-18(3-1)23-11-12-24-19)22-9-7-21(8-10-22)6-4-16-14-15-5-13-25-20(15)26-16/h1-3,5,13-14H,4,6-12H2. The van der Waals surface area contributed by atoms with Crippen LogP contribution in [0.25, 0.3) is 9.40 Å². The van der Waals surface area contributed by atoms with Crippen molar-refractivity contribution in [2.24, 2.45) is 0 Å². The number of thiophene rings is 2. The summed E-state index contributed by atoms with van der Waals surface area (Å²) in [4.78, 5) is 6.53. The van der Waals surface area contributed by atoms with E-state index in [1.165, 1.54) is 20.0 Å². The van der Waals surface area contributed by atoms with Gasteiger partial charge in [0.05, 0.1) is 9.70 Å². The lowest BCUT2D eigenvalue weighted by Crippen LogP contribution is -2.47. The van der Waals surface area contributed by atoms with Gasteiger partial charge in [-0.25, -0.2) is 0 Å². The van der Waals surface area contributed by atoms with Gasteiger partial charge in [0.1, 0.15) is 13.2 Å². The molecule has 26 heavy (non-hydrogen) atoms. The maximum absolute atomic E-state index is 5.88. The number of hydrogen-bond donors (Lipinski definition) is 0. The molecule has 0 spiro atoms. The zero-order valence-electron chi connectivity index (χ0n) is 14.6. The van der Waals surface area contributed by atoms with Crippen LogP contribution in [0.1, 0.15) is 4.88 Å². The maximum Gasteiger partial charge on any atom is 0.184 e. The number of para-hydroxylation sites is 1. The fourth-order valence-electron chi connectivity index (χ4n) is 3.73. The lowest BCUT2D eigenvalue weighted by Gasteiger charge is -2.37. The first-order valence-electron chi connectivity index (χ1n) is 9.19. The molecule has 0 radical (unpaired) electrons. The SMILES string of the molecule is c1cc2c(c(N3CCN(CCc4cc5ccsc5s4)CC3)c1)OCCO2. The Kier molecular flexibility index (Phi) is 4.48. The second kappa shape index (κ2) is 7.10. The summed E-state index contributed by atoms with van der Waals surface area (Å²) in [5.41, 5.74) is 1.18. The molecule has 3 aromatic rings. The lowest BCUT2D eigenvalue weighted by molar-refractivity contribution is 0.171. The average molecular weight is 387 g/mol. The largest absolute Gasteiger partial charge is 0.486 e. The van der Waals surface area contributed by atoms with Gasteiger partial charge in [-0.3, -0.25) is 4.90 Å². The first-order chi connectivity index (χ1) is 12.9. The van der Waals surface area contributed by atoms with E-state index in [0.29, 0.717) is 13.2 Å². The molecule has 0 atom stereocenters. The van der Waals surface area contributed by atoms with Crippen LogP contribution < -0.4 is 14.4 Å². The van der Waals surface area contributed by atoms with Crippen molar-refractivity contribution in [3.05, 3.63) is 40.6 Å². The van der Waals surface area contributed by atoms with E-state index in [1.807, 2.05) is 28.7 Å². The molecule has 0 aliphatic carbocycles. The Morgan fingerprint density at radius 3 is 2.77 bits per heavy atom. The van der Waals surface area contributed by atoms with Crippen molar-refractivity contribution in [1.82, 2.24) is 4.90 Å². The van der Waals surface area contributed by atoms with Crippen LogP contribution in [-0.4, -0.2) is 50.8 Å². The molecule has 4 nitrogen and oxygen atoms in total. The normalized spacial score (nSPS) is 17.8. The van der Waals surface area contributed by atoms with Crippen molar-refractivity contribution in [3.63, 3.8) is 0 Å². The highest BCUT2D eigenvalue weighted by atomic mass is 32.2. The van der Waals surface area contributed by atoms with E-state index in [9.17, 15) is 0 Å². The quantitative estimate of drug-likeness (QED) is 0.674. The van der Waals surface area contributed by atoms with Gasteiger partial charge in [-0.15, -0.1) is 22.7 Å². The Morgan fingerprint density at radius 2 is 1.88 bits per heavy atom. The summed E-state index contributed by atoms with van der Waals surface area (Å²) < 4.78 is 13.1. The van der Waals surface area contributed by atoms with Gasteiger partial charge in [-0.05, 0) is 36.1 Å². The van der Waals surface area contributed by atoms with Crippen LogP contribution in [0.15, 0.2) is 35.7 Å². The monoisotopic (exact) mass is 386 g/mol. The molecule has 0 unspecified atom stereocenters. The van der Waals surface area contributed by atoms with Crippen molar-refractivity contribution in [2.45, 2.75) is 6.42 Å². The molecule has 2 aromatic heterocycles. The minimum Gasteiger partial charge on any atom is -0.486 e. The number of hydrogen-bond acceptors (Lipinski definition) is 6. The molecule has 1 fully saturated rings. The van der Waals surface area contributed by atoms with Gasteiger partial charge in [0.25, 0.3) is 0 Å². The van der Waals surface area contributed by atoms with E-state index in [0.717, 1.165) is 50.6 Å². The topological polar surface area (TPSA) is 24.9 Å². The van der Waals surface area contributed by atoms with Crippen molar-refractivity contribution in [3.8, 4) is 11.5 Å². The van der Waals surface area contributed by atoms with Crippen LogP contribution in [0, 0.1) is 0 Å². The van der Waals surface area contributed by atoms with Crippen molar-refractivity contribution in [2.75, 3.05) is 50.8 Å². The summed E-state index contributed by atoms with van der Waals surface area (Å²) in [5.74, 6) is 1.81. The molecule has 2 aliphatic heterocycles. The minimum atomic E-state index is 0.641. The number of rotatable bonds is 4. The summed E-state index contributed by atoms with van der Waals surface area (Å²) in [6.45, 7) is 6.72. The molecule has 0 bridgehead atoms. The Labute approximate surface area is 161 Å². The molecule has 5 rings (SSSR count). The van der Waals surface area contributed by atoms with Crippen LogP contribution in [0.2, 0.25) is 0 Å². The first kappa shape index (κ1) is 16.4. The number of fused-ring (bicyclic) bond motifs is 2. The third-order valence-electron chi connectivity index (χ3n) is 5.13. The fraction of sp³-hybridized carbons (Fsp3) is 0.400. The molecule has 4 heterocycles.